The SMILES string of the molecule is Cc1ccc(F)c(Oc2nc(C)cc(C(N)=S)n2)c1. The standard InChI is InChI=1S/C13H12FN3OS/c1-7-3-4-9(14)11(5-7)18-13-16-8(2)6-10(17-13)12(15)19/h3-6H,1-2H3,(H2,15,19). The Balaban J connectivity index is 2.38. The summed E-state index contributed by atoms with van der Waals surface area (Å²) in [4.78, 5) is 8.24. The highest BCUT2D eigenvalue weighted by molar-refractivity contribution is 7.80. The van der Waals surface area contributed by atoms with E-state index in [1.807, 2.05) is 6.92 Å². The zero-order chi connectivity index (χ0) is 14.0. The molecule has 0 fully saturated rings. The number of rotatable bonds is 3. The zero-order valence-corrected chi connectivity index (χ0v) is 11.3. The van der Waals surface area contributed by atoms with Crippen molar-refractivity contribution in [3.8, 4) is 11.8 Å². The first-order valence-corrected chi connectivity index (χ1v) is 5.96. The highest BCUT2D eigenvalue weighted by Crippen LogP contribution is 2.23. The molecular weight excluding hydrogens is 265 g/mol. The molecule has 2 N–H and O–H groups in total. The van der Waals surface area contributed by atoms with Crippen molar-refractivity contribution in [1.82, 2.24) is 9.97 Å². The van der Waals surface area contributed by atoms with Gasteiger partial charge in [0.05, 0.1) is 0 Å². The Bertz CT molecular complexity index is 646. The molecule has 98 valence electrons. The first-order valence-electron chi connectivity index (χ1n) is 5.55. The summed E-state index contributed by atoms with van der Waals surface area (Å²) in [6.07, 6.45) is 0. The first kappa shape index (κ1) is 13.4. The fourth-order valence-corrected chi connectivity index (χ4v) is 1.60. The van der Waals surface area contributed by atoms with E-state index in [-0.39, 0.29) is 16.7 Å². The summed E-state index contributed by atoms with van der Waals surface area (Å²) >= 11 is 4.85. The summed E-state index contributed by atoms with van der Waals surface area (Å²) < 4.78 is 18.9. The maximum absolute atomic E-state index is 13.6. The summed E-state index contributed by atoms with van der Waals surface area (Å²) in [5, 5.41) is 0. The van der Waals surface area contributed by atoms with Crippen LogP contribution in [0.15, 0.2) is 24.3 Å². The van der Waals surface area contributed by atoms with Crippen LogP contribution in [0.2, 0.25) is 0 Å². The van der Waals surface area contributed by atoms with Gasteiger partial charge < -0.3 is 10.5 Å². The van der Waals surface area contributed by atoms with Gasteiger partial charge in [0, 0.05) is 5.69 Å². The lowest BCUT2D eigenvalue weighted by atomic mass is 10.2. The first-order chi connectivity index (χ1) is 8.95. The van der Waals surface area contributed by atoms with Crippen molar-refractivity contribution in [3.05, 3.63) is 47.0 Å². The van der Waals surface area contributed by atoms with Gasteiger partial charge in [-0.2, -0.15) is 4.98 Å². The van der Waals surface area contributed by atoms with E-state index < -0.39 is 5.82 Å². The van der Waals surface area contributed by atoms with Crippen LogP contribution in [-0.4, -0.2) is 15.0 Å². The summed E-state index contributed by atoms with van der Waals surface area (Å²) in [7, 11) is 0. The molecule has 0 amide bonds. The molecule has 0 radical (unpaired) electrons. The van der Waals surface area contributed by atoms with Crippen LogP contribution in [0.5, 0.6) is 11.8 Å². The highest BCUT2D eigenvalue weighted by atomic mass is 32.1. The number of aromatic nitrogens is 2. The molecule has 0 aliphatic carbocycles. The zero-order valence-electron chi connectivity index (χ0n) is 10.5. The van der Waals surface area contributed by atoms with Gasteiger partial charge in [0.25, 0.3) is 0 Å². The molecule has 2 rings (SSSR count). The largest absolute Gasteiger partial charge is 0.421 e. The summed E-state index contributed by atoms with van der Waals surface area (Å²) in [6.45, 7) is 3.59. The molecule has 4 nitrogen and oxygen atoms in total. The maximum Gasteiger partial charge on any atom is 0.322 e. The molecule has 0 bridgehead atoms. The van der Waals surface area contributed by atoms with Crippen LogP contribution in [0.25, 0.3) is 0 Å². The van der Waals surface area contributed by atoms with Crippen LogP contribution >= 0.6 is 12.2 Å². The Hall–Kier alpha value is -2.08. The Morgan fingerprint density at radius 2 is 2.00 bits per heavy atom. The Morgan fingerprint density at radius 1 is 1.26 bits per heavy atom. The van der Waals surface area contributed by atoms with Crippen LogP contribution in [0, 0.1) is 19.7 Å². The second-order valence-electron chi connectivity index (χ2n) is 4.08. The highest BCUT2D eigenvalue weighted by Gasteiger charge is 2.10. The second kappa shape index (κ2) is 5.27. The molecule has 0 unspecified atom stereocenters. The van der Waals surface area contributed by atoms with Crippen molar-refractivity contribution in [1.29, 1.82) is 0 Å². The molecule has 0 aliphatic heterocycles. The predicted molar refractivity (Wildman–Crippen MR) is 73.9 cm³/mol. The van der Waals surface area contributed by atoms with Crippen LogP contribution < -0.4 is 10.5 Å². The fraction of sp³-hybridized carbons (Fsp3) is 0.154. The van der Waals surface area contributed by atoms with E-state index in [1.165, 1.54) is 6.07 Å². The van der Waals surface area contributed by atoms with Crippen molar-refractivity contribution in [2.75, 3.05) is 0 Å². The van der Waals surface area contributed by atoms with Gasteiger partial charge in [-0.1, -0.05) is 18.3 Å². The minimum atomic E-state index is -0.479. The average molecular weight is 277 g/mol. The third kappa shape index (κ3) is 3.23. The van der Waals surface area contributed by atoms with Gasteiger partial charge in [-0.3, -0.25) is 0 Å². The molecule has 2 aromatic rings. The molecule has 19 heavy (non-hydrogen) atoms. The third-order valence-corrected chi connectivity index (χ3v) is 2.58. The van der Waals surface area contributed by atoms with E-state index in [9.17, 15) is 4.39 Å². The normalized spacial score (nSPS) is 10.3. The van der Waals surface area contributed by atoms with E-state index in [0.717, 1.165) is 5.56 Å². The monoisotopic (exact) mass is 277 g/mol. The van der Waals surface area contributed by atoms with E-state index in [0.29, 0.717) is 11.4 Å². The lowest BCUT2D eigenvalue weighted by Gasteiger charge is -2.08. The minimum absolute atomic E-state index is 0.0206. The topological polar surface area (TPSA) is 61.0 Å². The predicted octanol–water partition coefficient (Wildman–Crippen LogP) is 2.66. The van der Waals surface area contributed by atoms with Gasteiger partial charge in [-0.25, -0.2) is 9.37 Å². The van der Waals surface area contributed by atoms with Crippen LogP contribution in [-0.2, 0) is 0 Å². The van der Waals surface area contributed by atoms with E-state index in [1.54, 1.807) is 25.1 Å². The van der Waals surface area contributed by atoms with Crippen molar-refractivity contribution in [2.24, 2.45) is 5.73 Å². The molecule has 0 spiro atoms. The number of thiocarbonyl (C=S) groups is 1. The Kier molecular flexibility index (Phi) is 3.71. The quantitative estimate of drug-likeness (QED) is 0.874. The van der Waals surface area contributed by atoms with Gasteiger partial charge >= 0.3 is 6.01 Å². The van der Waals surface area contributed by atoms with Crippen LogP contribution in [0.3, 0.4) is 0 Å². The van der Waals surface area contributed by atoms with E-state index in [4.69, 9.17) is 22.7 Å². The number of benzene rings is 1. The summed E-state index contributed by atoms with van der Waals surface area (Å²) in [5.41, 5.74) is 7.42. The summed E-state index contributed by atoms with van der Waals surface area (Å²) in [5.74, 6) is -0.410. The van der Waals surface area contributed by atoms with Crippen molar-refractivity contribution in [2.45, 2.75) is 13.8 Å². The van der Waals surface area contributed by atoms with E-state index in [2.05, 4.69) is 9.97 Å². The molecule has 0 saturated heterocycles. The van der Waals surface area contributed by atoms with Gasteiger partial charge in [-0.05, 0) is 37.6 Å². The molecule has 0 saturated carbocycles. The van der Waals surface area contributed by atoms with Gasteiger partial charge in [0.15, 0.2) is 11.6 Å². The molecule has 1 aromatic heterocycles. The summed E-state index contributed by atoms with van der Waals surface area (Å²) in [6, 6.07) is 6.21. The molecule has 6 heteroatoms. The van der Waals surface area contributed by atoms with Gasteiger partial charge in [0.1, 0.15) is 10.7 Å². The molecule has 1 heterocycles. The van der Waals surface area contributed by atoms with Crippen molar-refractivity contribution >= 4 is 17.2 Å². The second-order valence-corrected chi connectivity index (χ2v) is 4.52. The number of ether oxygens (including phenoxy) is 1. The fourth-order valence-electron chi connectivity index (χ4n) is 1.50. The third-order valence-electron chi connectivity index (χ3n) is 2.37. The number of aryl methyl sites for hydroxylation is 2. The average Bonchev–Trinajstić information content (AvgIpc) is 2.33. The number of halogens is 1. The van der Waals surface area contributed by atoms with Gasteiger partial charge in [0.2, 0.25) is 0 Å². The van der Waals surface area contributed by atoms with Gasteiger partial charge in [-0.15, -0.1) is 0 Å². The minimum Gasteiger partial charge on any atom is -0.421 e. The Morgan fingerprint density at radius 3 is 2.68 bits per heavy atom. The smallest absolute Gasteiger partial charge is 0.322 e. The lowest BCUT2D eigenvalue weighted by molar-refractivity contribution is 0.409. The number of nitrogens with zero attached hydrogens (tertiary/aromatic N) is 2. The van der Waals surface area contributed by atoms with Crippen LogP contribution in [0.1, 0.15) is 17.0 Å². The molecular formula is C13H12FN3OS. The lowest BCUT2D eigenvalue weighted by Crippen LogP contribution is -2.13. The molecule has 0 atom stereocenters. The Labute approximate surface area is 115 Å². The number of hydrogen-bond acceptors (Lipinski definition) is 4. The van der Waals surface area contributed by atoms with Crippen molar-refractivity contribution < 1.29 is 9.13 Å². The van der Waals surface area contributed by atoms with Crippen molar-refractivity contribution in [3.63, 3.8) is 0 Å². The molecule has 0 aliphatic rings. The van der Waals surface area contributed by atoms with Crippen LogP contribution in [0.4, 0.5) is 4.39 Å². The van der Waals surface area contributed by atoms with E-state index >= 15 is 0 Å². The molecule has 1 aromatic carbocycles. The number of nitrogens with two attached hydrogens (primary N) is 1. The number of hydrogen-bond donors (Lipinski definition) is 1. The maximum atomic E-state index is 13.6.